The summed E-state index contributed by atoms with van der Waals surface area (Å²) in [4.78, 5) is 13.2. The van der Waals surface area contributed by atoms with Crippen molar-refractivity contribution in [2.24, 2.45) is 0 Å². The van der Waals surface area contributed by atoms with E-state index in [0.717, 1.165) is 14.2 Å². The third kappa shape index (κ3) is 5.30. The summed E-state index contributed by atoms with van der Waals surface area (Å²) in [6.45, 7) is 1.85. The number of carbonyl (C=O) groups is 1. The number of hydrogen-bond acceptors (Lipinski definition) is 4. The highest BCUT2D eigenvalue weighted by Gasteiger charge is 2.10. The quantitative estimate of drug-likeness (QED) is 0.757. The van der Waals surface area contributed by atoms with Gasteiger partial charge in [-0.2, -0.15) is 0 Å². The van der Waals surface area contributed by atoms with Gasteiger partial charge in [-0.25, -0.2) is 8.42 Å². The van der Waals surface area contributed by atoms with Crippen LogP contribution in [0.25, 0.3) is 6.08 Å². The fourth-order valence-electron chi connectivity index (χ4n) is 1.92. The molecule has 4 nitrogen and oxygen atoms in total. The van der Waals surface area contributed by atoms with E-state index in [1.54, 1.807) is 41.7 Å². The number of hydrogen-bond donors (Lipinski definition) is 1. The fourth-order valence-corrected chi connectivity index (χ4v) is 3.88. The van der Waals surface area contributed by atoms with Crippen LogP contribution in [0.5, 0.6) is 0 Å². The molecule has 23 heavy (non-hydrogen) atoms. The molecule has 0 radical (unpaired) electrons. The van der Waals surface area contributed by atoms with Crippen LogP contribution in [0.2, 0.25) is 0 Å². The van der Waals surface area contributed by atoms with Gasteiger partial charge in [0.2, 0.25) is 5.91 Å². The van der Waals surface area contributed by atoms with Gasteiger partial charge in [-0.1, -0.05) is 12.1 Å². The molecular formula is C16H16BrNO3S2. The highest BCUT2D eigenvalue weighted by atomic mass is 79.9. The van der Waals surface area contributed by atoms with Gasteiger partial charge >= 0.3 is 0 Å². The van der Waals surface area contributed by atoms with Gasteiger partial charge in [0.05, 0.1) is 14.7 Å². The van der Waals surface area contributed by atoms with Crippen molar-refractivity contribution in [2.75, 3.05) is 6.26 Å². The van der Waals surface area contributed by atoms with Gasteiger partial charge in [-0.15, -0.1) is 11.3 Å². The van der Waals surface area contributed by atoms with Crippen molar-refractivity contribution in [3.8, 4) is 0 Å². The molecule has 2 aromatic rings. The summed E-state index contributed by atoms with van der Waals surface area (Å²) in [6, 6.07) is 10.2. The number of benzene rings is 1. The van der Waals surface area contributed by atoms with Crippen molar-refractivity contribution in [1.29, 1.82) is 0 Å². The number of thiophene rings is 1. The zero-order valence-corrected chi connectivity index (χ0v) is 15.8. The molecule has 0 bridgehead atoms. The molecule has 1 aromatic carbocycles. The number of amides is 1. The minimum absolute atomic E-state index is 0.200. The molecule has 0 spiro atoms. The van der Waals surface area contributed by atoms with Gasteiger partial charge < -0.3 is 5.32 Å². The van der Waals surface area contributed by atoms with E-state index in [1.165, 1.54) is 12.3 Å². The summed E-state index contributed by atoms with van der Waals surface area (Å²) in [5.41, 5.74) is 0.845. The summed E-state index contributed by atoms with van der Waals surface area (Å²) in [5.74, 6) is -0.200. The molecule has 0 aliphatic rings. The van der Waals surface area contributed by atoms with Crippen molar-refractivity contribution in [3.05, 3.63) is 56.7 Å². The Labute approximate surface area is 148 Å². The molecule has 1 aromatic heterocycles. The van der Waals surface area contributed by atoms with Gasteiger partial charge in [-0.3, -0.25) is 4.79 Å². The SMILES string of the molecule is CC(NC(=O)/C=C/c1ccc(Br)s1)c1ccc(S(C)(=O)=O)cc1. The number of carbonyl (C=O) groups excluding carboxylic acids is 1. The normalized spacial score (nSPS) is 13.2. The zero-order chi connectivity index (χ0) is 17.0. The van der Waals surface area contributed by atoms with Crippen molar-refractivity contribution in [3.63, 3.8) is 0 Å². The average molecular weight is 414 g/mol. The molecular weight excluding hydrogens is 398 g/mol. The van der Waals surface area contributed by atoms with E-state index >= 15 is 0 Å². The first-order valence-electron chi connectivity index (χ1n) is 6.79. The first kappa shape index (κ1) is 17.9. The maximum Gasteiger partial charge on any atom is 0.244 e. The Morgan fingerprint density at radius 1 is 1.22 bits per heavy atom. The maximum absolute atomic E-state index is 11.9. The van der Waals surface area contributed by atoms with Gasteiger partial charge in [0, 0.05) is 17.2 Å². The lowest BCUT2D eigenvalue weighted by molar-refractivity contribution is -0.117. The van der Waals surface area contributed by atoms with E-state index in [9.17, 15) is 13.2 Å². The van der Waals surface area contributed by atoms with Crippen LogP contribution in [-0.4, -0.2) is 20.6 Å². The third-order valence-electron chi connectivity index (χ3n) is 3.16. The third-order valence-corrected chi connectivity index (χ3v) is 5.88. The lowest BCUT2D eigenvalue weighted by Crippen LogP contribution is -2.24. The van der Waals surface area contributed by atoms with Crippen LogP contribution in [-0.2, 0) is 14.6 Å². The summed E-state index contributed by atoms with van der Waals surface area (Å²) in [6.07, 6.45) is 4.41. The Hall–Kier alpha value is -1.44. The standard InChI is InChI=1S/C16H16BrNO3S2/c1-11(12-3-7-14(8-4-12)23(2,20)21)18-16(19)10-6-13-5-9-15(17)22-13/h3-11H,1-2H3,(H,18,19)/b10-6+. The molecule has 1 N–H and O–H groups in total. The first-order chi connectivity index (χ1) is 10.8. The lowest BCUT2D eigenvalue weighted by atomic mass is 10.1. The molecule has 2 rings (SSSR count). The van der Waals surface area contributed by atoms with Gasteiger partial charge in [-0.05, 0) is 58.8 Å². The van der Waals surface area contributed by atoms with Crippen LogP contribution >= 0.6 is 27.3 Å². The molecule has 1 atom stereocenters. The monoisotopic (exact) mass is 413 g/mol. The molecule has 122 valence electrons. The number of halogens is 1. The Bertz CT molecular complexity index is 823. The second kappa shape index (κ2) is 7.42. The Morgan fingerprint density at radius 2 is 1.87 bits per heavy atom. The molecule has 7 heteroatoms. The summed E-state index contributed by atoms with van der Waals surface area (Å²) >= 11 is 4.91. The minimum atomic E-state index is -3.21. The largest absolute Gasteiger partial charge is 0.346 e. The van der Waals surface area contributed by atoms with Gasteiger partial charge in [0.25, 0.3) is 0 Å². The van der Waals surface area contributed by atoms with Gasteiger partial charge in [0.1, 0.15) is 0 Å². The van der Waals surface area contributed by atoms with E-state index < -0.39 is 9.84 Å². The average Bonchev–Trinajstić information content (AvgIpc) is 2.90. The second-order valence-corrected chi connectivity index (χ2v) is 9.56. The fraction of sp³-hybridized carbons (Fsp3) is 0.188. The van der Waals surface area contributed by atoms with E-state index in [1.807, 2.05) is 19.1 Å². The molecule has 1 amide bonds. The number of rotatable bonds is 5. The molecule has 0 fully saturated rings. The van der Waals surface area contributed by atoms with Crippen LogP contribution in [0.1, 0.15) is 23.4 Å². The summed E-state index contributed by atoms with van der Waals surface area (Å²) < 4.78 is 23.9. The summed E-state index contributed by atoms with van der Waals surface area (Å²) in [5, 5.41) is 2.85. The summed E-state index contributed by atoms with van der Waals surface area (Å²) in [7, 11) is -3.21. The maximum atomic E-state index is 11.9. The van der Waals surface area contributed by atoms with E-state index in [4.69, 9.17) is 0 Å². The van der Waals surface area contributed by atoms with Crippen LogP contribution in [0.3, 0.4) is 0 Å². The molecule has 1 heterocycles. The van der Waals surface area contributed by atoms with E-state index in [0.29, 0.717) is 0 Å². The molecule has 0 aliphatic heterocycles. The van der Waals surface area contributed by atoms with Crippen molar-refractivity contribution in [1.82, 2.24) is 5.32 Å². The predicted molar refractivity (Wildman–Crippen MR) is 97.2 cm³/mol. The first-order valence-corrected chi connectivity index (χ1v) is 10.3. The predicted octanol–water partition coefficient (Wildman–Crippen LogP) is 3.80. The molecule has 0 aliphatic carbocycles. The van der Waals surface area contributed by atoms with Crippen LogP contribution in [0, 0.1) is 0 Å². The van der Waals surface area contributed by atoms with Crippen LogP contribution < -0.4 is 5.32 Å². The van der Waals surface area contributed by atoms with Crippen molar-refractivity contribution >= 4 is 49.1 Å². The zero-order valence-electron chi connectivity index (χ0n) is 12.6. The number of sulfone groups is 1. The van der Waals surface area contributed by atoms with Crippen molar-refractivity contribution < 1.29 is 13.2 Å². The molecule has 1 unspecified atom stereocenters. The molecule has 0 saturated carbocycles. The Kier molecular flexibility index (Phi) is 5.78. The highest BCUT2D eigenvalue weighted by Crippen LogP contribution is 2.23. The lowest BCUT2D eigenvalue weighted by Gasteiger charge is -2.13. The topological polar surface area (TPSA) is 63.2 Å². The van der Waals surface area contributed by atoms with E-state index in [-0.39, 0.29) is 16.8 Å². The molecule has 0 saturated heterocycles. The number of nitrogens with one attached hydrogen (secondary N) is 1. The Morgan fingerprint density at radius 3 is 2.39 bits per heavy atom. The van der Waals surface area contributed by atoms with Crippen LogP contribution in [0.4, 0.5) is 0 Å². The Balaban J connectivity index is 1.99. The second-order valence-electron chi connectivity index (χ2n) is 5.05. The van der Waals surface area contributed by atoms with Crippen LogP contribution in [0.15, 0.2) is 51.2 Å². The van der Waals surface area contributed by atoms with E-state index in [2.05, 4.69) is 21.2 Å². The highest BCUT2D eigenvalue weighted by molar-refractivity contribution is 9.11. The smallest absolute Gasteiger partial charge is 0.244 e. The van der Waals surface area contributed by atoms with Gasteiger partial charge in [0.15, 0.2) is 9.84 Å². The minimum Gasteiger partial charge on any atom is -0.346 e. The van der Waals surface area contributed by atoms with Crippen molar-refractivity contribution in [2.45, 2.75) is 17.9 Å².